The first-order valence-corrected chi connectivity index (χ1v) is 6.62. The molecule has 2 heterocycles. The fourth-order valence-electron chi connectivity index (χ4n) is 2.46. The van der Waals surface area contributed by atoms with Gasteiger partial charge in [-0.3, -0.25) is 4.79 Å². The van der Waals surface area contributed by atoms with Crippen molar-refractivity contribution in [1.82, 2.24) is 10.1 Å². The lowest BCUT2D eigenvalue weighted by Gasteiger charge is -2.34. The van der Waals surface area contributed by atoms with Crippen molar-refractivity contribution in [1.29, 1.82) is 0 Å². The summed E-state index contributed by atoms with van der Waals surface area (Å²) in [6.07, 6.45) is 4.86. The number of hydrogen-bond donors (Lipinski definition) is 0. The monoisotopic (exact) mass is 278 g/mol. The molecule has 0 aromatic carbocycles. The maximum atomic E-state index is 11.8. The standard InChI is InChI=1S/C14H18N2O4/c1-3-13(17)16-7-5-4-6-10(16)8-11-9-12(15-20-11)14(18)19-2/h3,9-10H,1,4-8H2,2H3. The number of amides is 1. The molecule has 1 aromatic heterocycles. The summed E-state index contributed by atoms with van der Waals surface area (Å²) in [5, 5.41) is 3.67. The van der Waals surface area contributed by atoms with Crippen LogP contribution in [0.4, 0.5) is 0 Å². The molecule has 1 aliphatic rings. The number of carbonyl (C=O) groups is 2. The van der Waals surface area contributed by atoms with E-state index in [0.29, 0.717) is 12.2 Å². The van der Waals surface area contributed by atoms with Gasteiger partial charge >= 0.3 is 5.97 Å². The molecule has 6 heteroatoms. The lowest BCUT2D eigenvalue weighted by molar-refractivity contribution is -0.129. The van der Waals surface area contributed by atoms with E-state index in [1.807, 2.05) is 0 Å². The van der Waals surface area contributed by atoms with E-state index in [-0.39, 0.29) is 17.6 Å². The minimum Gasteiger partial charge on any atom is -0.464 e. The average molecular weight is 278 g/mol. The molecule has 1 aromatic rings. The Morgan fingerprint density at radius 2 is 2.40 bits per heavy atom. The Morgan fingerprint density at radius 1 is 1.60 bits per heavy atom. The van der Waals surface area contributed by atoms with E-state index in [9.17, 15) is 9.59 Å². The van der Waals surface area contributed by atoms with E-state index in [1.54, 1.807) is 11.0 Å². The molecule has 0 bridgehead atoms. The van der Waals surface area contributed by atoms with Crippen LogP contribution in [-0.2, 0) is 16.0 Å². The predicted octanol–water partition coefficient (Wildman–Crippen LogP) is 1.57. The summed E-state index contributed by atoms with van der Waals surface area (Å²) in [6.45, 7) is 4.26. The fourth-order valence-corrected chi connectivity index (χ4v) is 2.46. The van der Waals surface area contributed by atoms with E-state index < -0.39 is 5.97 Å². The number of aromatic nitrogens is 1. The molecule has 108 valence electrons. The van der Waals surface area contributed by atoms with Crippen LogP contribution in [-0.4, -0.2) is 41.6 Å². The van der Waals surface area contributed by atoms with Gasteiger partial charge in [0.25, 0.3) is 0 Å². The zero-order valence-corrected chi connectivity index (χ0v) is 11.5. The number of carbonyl (C=O) groups excluding carboxylic acids is 2. The van der Waals surface area contributed by atoms with Crippen LogP contribution in [0.5, 0.6) is 0 Å². The summed E-state index contributed by atoms with van der Waals surface area (Å²) in [5.74, 6) is -0.00997. The summed E-state index contributed by atoms with van der Waals surface area (Å²) < 4.78 is 9.71. The van der Waals surface area contributed by atoms with E-state index in [0.717, 1.165) is 25.8 Å². The van der Waals surface area contributed by atoms with Crippen molar-refractivity contribution in [2.75, 3.05) is 13.7 Å². The summed E-state index contributed by atoms with van der Waals surface area (Å²) >= 11 is 0. The summed E-state index contributed by atoms with van der Waals surface area (Å²) in [4.78, 5) is 24.9. The number of hydrogen-bond acceptors (Lipinski definition) is 5. The Balaban J connectivity index is 2.06. The fraction of sp³-hybridized carbons (Fsp3) is 0.500. The quantitative estimate of drug-likeness (QED) is 0.617. The Kier molecular flexibility index (Phi) is 4.55. The Bertz CT molecular complexity index is 509. The van der Waals surface area contributed by atoms with Crippen molar-refractivity contribution in [2.24, 2.45) is 0 Å². The van der Waals surface area contributed by atoms with E-state index in [1.165, 1.54) is 13.2 Å². The Hall–Kier alpha value is -2.11. The normalized spacial score (nSPS) is 18.6. The number of likely N-dealkylation sites (tertiary alicyclic amines) is 1. The number of nitrogens with zero attached hydrogens (tertiary/aromatic N) is 2. The second kappa shape index (κ2) is 6.36. The van der Waals surface area contributed by atoms with Crippen LogP contribution in [0, 0.1) is 0 Å². The van der Waals surface area contributed by atoms with Gasteiger partial charge < -0.3 is 14.2 Å². The molecule has 1 amide bonds. The van der Waals surface area contributed by atoms with Crippen LogP contribution in [0.2, 0.25) is 0 Å². The van der Waals surface area contributed by atoms with Gasteiger partial charge in [0, 0.05) is 25.1 Å². The van der Waals surface area contributed by atoms with Gasteiger partial charge in [-0.2, -0.15) is 0 Å². The van der Waals surface area contributed by atoms with Crippen LogP contribution in [0.25, 0.3) is 0 Å². The van der Waals surface area contributed by atoms with Crippen molar-refractivity contribution in [3.8, 4) is 0 Å². The first-order valence-electron chi connectivity index (χ1n) is 6.62. The Labute approximate surface area is 117 Å². The van der Waals surface area contributed by atoms with E-state index in [2.05, 4.69) is 16.5 Å². The highest BCUT2D eigenvalue weighted by Crippen LogP contribution is 2.21. The van der Waals surface area contributed by atoms with Crippen molar-refractivity contribution >= 4 is 11.9 Å². The zero-order chi connectivity index (χ0) is 14.5. The molecule has 0 radical (unpaired) electrons. The molecule has 1 atom stereocenters. The molecule has 2 rings (SSSR count). The van der Waals surface area contributed by atoms with E-state index in [4.69, 9.17) is 4.52 Å². The molecule has 1 fully saturated rings. The van der Waals surface area contributed by atoms with Crippen molar-refractivity contribution in [2.45, 2.75) is 31.7 Å². The highest BCUT2D eigenvalue weighted by molar-refractivity contribution is 5.87. The second-order valence-corrected chi connectivity index (χ2v) is 4.76. The third kappa shape index (κ3) is 3.07. The SMILES string of the molecule is C=CC(=O)N1CCCCC1Cc1cc(C(=O)OC)no1. The number of rotatable bonds is 4. The molecule has 0 spiro atoms. The third-order valence-corrected chi connectivity index (χ3v) is 3.48. The molecular weight excluding hydrogens is 260 g/mol. The maximum absolute atomic E-state index is 11.8. The molecule has 0 aliphatic carbocycles. The molecule has 0 saturated carbocycles. The van der Waals surface area contributed by atoms with Gasteiger partial charge in [-0.15, -0.1) is 0 Å². The van der Waals surface area contributed by atoms with Gasteiger partial charge in [0.1, 0.15) is 5.76 Å². The van der Waals surface area contributed by atoms with Gasteiger partial charge in [0.05, 0.1) is 7.11 Å². The lowest BCUT2D eigenvalue weighted by atomic mass is 9.98. The second-order valence-electron chi connectivity index (χ2n) is 4.76. The van der Waals surface area contributed by atoms with Crippen LogP contribution < -0.4 is 0 Å². The number of ether oxygens (including phenoxy) is 1. The van der Waals surface area contributed by atoms with Crippen LogP contribution >= 0.6 is 0 Å². The molecule has 0 N–H and O–H groups in total. The van der Waals surface area contributed by atoms with Crippen molar-refractivity contribution in [3.63, 3.8) is 0 Å². The molecule has 1 unspecified atom stereocenters. The maximum Gasteiger partial charge on any atom is 0.360 e. The average Bonchev–Trinajstić information content (AvgIpc) is 2.94. The van der Waals surface area contributed by atoms with Gasteiger partial charge in [-0.25, -0.2) is 4.79 Å². The summed E-state index contributed by atoms with van der Waals surface area (Å²) in [5.41, 5.74) is 0.153. The summed E-state index contributed by atoms with van der Waals surface area (Å²) in [7, 11) is 1.29. The smallest absolute Gasteiger partial charge is 0.360 e. The minimum absolute atomic E-state index is 0.0627. The highest BCUT2D eigenvalue weighted by Gasteiger charge is 2.27. The highest BCUT2D eigenvalue weighted by atomic mass is 16.5. The minimum atomic E-state index is -0.525. The number of piperidine rings is 1. The molecule has 1 saturated heterocycles. The molecular formula is C14H18N2O4. The van der Waals surface area contributed by atoms with Gasteiger partial charge in [0.2, 0.25) is 5.91 Å². The number of methoxy groups -OCH3 is 1. The summed E-state index contributed by atoms with van der Waals surface area (Å²) in [6, 6.07) is 1.63. The first kappa shape index (κ1) is 14.3. The largest absolute Gasteiger partial charge is 0.464 e. The first-order chi connectivity index (χ1) is 9.65. The zero-order valence-electron chi connectivity index (χ0n) is 11.5. The van der Waals surface area contributed by atoms with Crippen molar-refractivity contribution in [3.05, 3.63) is 30.2 Å². The topological polar surface area (TPSA) is 72.6 Å². The Morgan fingerprint density at radius 3 is 3.10 bits per heavy atom. The third-order valence-electron chi connectivity index (χ3n) is 3.48. The van der Waals surface area contributed by atoms with Crippen LogP contribution in [0.15, 0.2) is 23.2 Å². The van der Waals surface area contributed by atoms with Crippen molar-refractivity contribution < 1.29 is 18.8 Å². The van der Waals surface area contributed by atoms with Crippen LogP contribution in [0.3, 0.4) is 0 Å². The predicted molar refractivity (Wildman–Crippen MR) is 71.1 cm³/mol. The lowest BCUT2D eigenvalue weighted by Crippen LogP contribution is -2.44. The molecule has 1 aliphatic heterocycles. The number of esters is 1. The van der Waals surface area contributed by atoms with Gasteiger partial charge in [-0.05, 0) is 25.3 Å². The molecule has 20 heavy (non-hydrogen) atoms. The van der Waals surface area contributed by atoms with Gasteiger partial charge in [0.15, 0.2) is 5.69 Å². The van der Waals surface area contributed by atoms with Crippen LogP contribution in [0.1, 0.15) is 35.5 Å². The van der Waals surface area contributed by atoms with E-state index >= 15 is 0 Å². The van der Waals surface area contributed by atoms with Gasteiger partial charge in [-0.1, -0.05) is 11.7 Å². The molecule has 6 nitrogen and oxygen atoms in total.